The van der Waals surface area contributed by atoms with Crippen LogP contribution in [0.25, 0.3) is 11.1 Å². The number of aromatic nitrogens is 1. The number of carbonyl (C=O) groups is 1. The van der Waals surface area contributed by atoms with Gasteiger partial charge in [0.1, 0.15) is 5.82 Å². The standard InChI is InChI=1S/C21H30BN3O3/c1-7-23-19(26)25-18-13-16(15-11-9-8-10-12-15)17(14-24-18)22-28-21(4,5)20(2,3)27-6/h8-14,22H,7H2,1-6H3,(H2,23,24,25,26). The summed E-state index contributed by atoms with van der Waals surface area (Å²) < 4.78 is 11.8. The monoisotopic (exact) mass is 383 g/mol. The number of hydrogen-bond donors (Lipinski definition) is 2. The average molecular weight is 383 g/mol. The van der Waals surface area contributed by atoms with E-state index in [4.69, 9.17) is 9.39 Å². The van der Waals surface area contributed by atoms with Gasteiger partial charge in [0.25, 0.3) is 0 Å². The summed E-state index contributed by atoms with van der Waals surface area (Å²) in [5.74, 6) is 0.491. The van der Waals surface area contributed by atoms with Gasteiger partial charge < -0.3 is 14.7 Å². The molecule has 0 aliphatic heterocycles. The Morgan fingerprint density at radius 1 is 1.14 bits per heavy atom. The molecular weight excluding hydrogens is 353 g/mol. The third-order valence-electron chi connectivity index (χ3n) is 5.20. The molecule has 0 atom stereocenters. The number of amides is 2. The number of nitrogens with one attached hydrogen (secondary N) is 2. The Morgan fingerprint density at radius 3 is 2.43 bits per heavy atom. The van der Waals surface area contributed by atoms with Gasteiger partial charge in [-0.2, -0.15) is 0 Å². The van der Waals surface area contributed by atoms with E-state index in [-0.39, 0.29) is 6.03 Å². The Kier molecular flexibility index (Phi) is 7.21. The van der Waals surface area contributed by atoms with Gasteiger partial charge in [0.2, 0.25) is 0 Å². The molecule has 1 aromatic carbocycles. The summed E-state index contributed by atoms with van der Waals surface area (Å²) in [6.07, 6.45) is 1.75. The van der Waals surface area contributed by atoms with Crippen molar-refractivity contribution in [1.82, 2.24) is 10.3 Å². The molecule has 2 rings (SSSR count). The van der Waals surface area contributed by atoms with E-state index in [0.717, 1.165) is 16.6 Å². The average Bonchev–Trinajstić information content (AvgIpc) is 2.67. The zero-order chi connectivity index (χ0) is 20.8. The number of anilines is 1. The summed E-state index contributed by atoms with van der Waals surface area (Å²) in [6.45, 7) is 10.4. The maximum Gasteiger partial charge on any atom is 0.320 e. The molecule has 0 aliphatic carbocycles. The van der Waals surface area contributed by atoms with Crippen LogP contribution >= 0.6 is 0 Å². The maximum absolute atomic E-state index is 11.8. The molecule has 0 aliphatic rings. The number of hydrogen-bond acceptors (Lipinski definition) is 4. The lowest BCUT2D eigenvalue weighted by atomic mass is 9.79. The number of rotatable bonds is 8. The predicted octanol–water partition coefficient (Wildman–Crippen LogP) is 3.09. The van der Waals surface area contributed by atoms with Gasteiger partial charge in [-0.15, -0.1) is 0 Å². The third kappa shape index (κ3) is 5.33. The van der Waals surface area contributed by atoms with Crippen LogP contribution in [0.2, 0.25) is 0 Å². The number of benzene rings is 1. The minimum Gasteiger partial charge on any atom is -0.427 e. The summed E-state index contributed by atoms with van der Waals surface area (Å²) in [5, 5.41) is 5.47. The molecule has 0 fully saturated rings. The van der Waals surface area contributed by atoms with Crippen molar-refractivity contribution in [3.8, 4) is 11.1 Å². The zero-order valence-electron chi connectivity index (χ0n) is 17.6. The highest BCUT2D eigenvalue weighted by Crippen LogP contribution is 2.28. The van der Waals surface area contributed by atoms with Gasteiger partial charge >= 0.3 is 13.5 Å². The van der Waals surface area contributed by atoms with Crippen LogP contribution in [-0.4, -0.2) is 43.4 Å². The number of methoxy groups -OCH3 is 1. The quantitative estimate of drug-likeness (QED) is 0.688. The Hall–Kier alpha value is -2.38. The molecule has 6 nitrogen and oxygen atoms in total. The third-order valence-corrected chi connectivity index (χ3v) is 5.20. The van der Waals surface area contributed by atoms with Crippen LogP contribution < -0.4 is 16.1 Å². The van der Waals surface area contributed by atoms with Gasteiger partial charge in [-0.25, -0.2) is 9.78 Å². The second-order valence-corrected chi connectivity index (χ2v) is 7.59. The molecule has 150 valence electrons. The number of urea groups is 1. The highest BCUT2D eigenvalue weighted by Gasteiger charge is 2.38. The number of pyridine rings is 1. The predicted molar refractivity (Wildman–Crippen MR) is 115 cm³/mol. The summed E-state index contributed by atoms with van der Waals surface area (Å²) in [5.41, 5.74) is 1.98. The second-order valence-electron chi connectivity index (χ2n) is 7.59. The van der Waals surface area contributed by atoms with Gasteiger partial charge in [-0.1, -0.05) is 30.3 Å². The largest absolute Gasteiger partial charge is 0.427 e. The fourth-order valence-electron chi connectivity index (χ4n) is 2.55. The van der Waals surface area contributed by atoms with E-state index in [1.807, 2.05) is 71.0 Å². The van der Waals surface area contributed by atoms with E-state index in [1.165, 1.54) is 0 Å². The Morgan fingerprint density at radius 2 is 1.82 bits per heavy atom. The molecule has 2 aromatic rings. The maximum atomic E-state index is 11.8. The van der Waals surface area contributed by atoms with Crippen LogP contribution in [0.3, 0.4) is 0 Å². The molecular formula is C21H30BN3O3. The van der Waals surface area contributed by atoms with Crippen LogP contribution in [0, 0.1) is 0 Å². The molecule has 2 amide bonds. The van der Waals surface area contributed by atoms with Crippen LogP contribution in [0.5, 0.6) is 0 Å². The molecule has 0 spiro atoms. The highest BCUT2D eigenvalue weighted by atomic mass is 16.5. The molecule has 0 unspecified atom stereocenters. The van der Waals surface area contributed by atoms with Crippen LogP contribution in [0.4, 0.5) is 10.6 Å². The van der Waals surface area contributed by atoms with Crippen LogP contribution in [0.15, 0.2) is 42.6 Å². The Bertz CT molecular complexity index is 795. The van der Waals surface area contributed by atoms with Crippen molar-refractivity contribution in [2.45, 2.75) is 45.8 Å². The van der Waals surface area contributed by atoms with Crippen LogP contribution in [-0.2, 0) is 9.39 Å². The number of ether oxygens (including phenoxy) is 1. The lowest BCUT2D eigenvalue weighted by Crippen LogP contribution is -2.50. The Balaban J connectivity index is 2.32. The molecule has 0 saturated carbocycles. The van der Waals surface area contributed by atoms with Gasteiger partial charge in [-0.3, -0.25) is 5.32 Å². The molecule has 28 heavy (non-hydrogen) atoms. The van der Waals surface area contributed by atoms with Crippen molar-refractivity contribution >= 4 is 24.8 Å². The van der Waals surface area contributed by atoms with E-state index in [2.05, 4.69) is 15.6 Å². The Labute approximate surface area is 168 Å². The molecule has 0 bridgehead atoms. The minimum absolute atomic E-state index is 0.277. The van der Waals surface area contributed by atoms with Crippen molar-refractivity contribution in [2.24, 2.45) is 0 Å². The van der Waals surface area contributed by atoms with E-state index in [0.29, 0.717) is 19.8 Å². The summed E-state index contributed by atoms with van der Waals surface area (Å²) in [6, 6.07) is 11.6. The summed E-state index contributed by atoms with van der Waals surface area (Å²) in [4.78, 5) is 16.2. The van der Waals surface area contributed by atoms with Gasteiger partial charge in [0.05, 0.1) is 11.2 Å². The van der Waals surface area contributed by atoms with Gasteiger partial charge in [-0.05, 0) is 57.3 Å². The fourth-order valence-corrected chi connectivity index (χ4v) is 2.55. The van der Waals surface area contributed by atoms with E-state index >= 15 is 0 Å². The second kappa shape index (κ2) is 9.21. The van der Waals surface area contributed by atoms with Gasteiger partial charge in [0, 0.05) is 19.9 Å². The highest BCUT2D eigenvalue weighted by molar-refractivity contribution is 6.49. The van der Waals surface area contributed by atoms with Crippen LogP contribution in [0.1, 0.15) is 34.6 Å². The molecule has 7 heteroatoms. The molecule has 1 aromatic heterocycles. The number of nitrogens with zero attached hydrogens (tertiary/aromatic N) is 1. The zero-order valence-corrected chi connectivity index (χ0v) is 17.6. The molecule has 1 heterocycles. The summed E-state index contributed by atoms with van der Waals surface area (Å²) >= 11 is 0. The van der Waals surface area contributed by atoms with Crippen molar-refractivity contribution in [3.63, 3.8) is 0 Å². The normalized spacial score (nSPS) is 11.8. The van der Waals surface area contributed by atoms with Crippen molar-refractivity contribution in [1.29, 1.82) is 0 Å². The first kappa shape index (κ1) is 21.9. The number of carbonyl (C=O) groups excluding carboxylic acids is 1. The lowest BCUT2D eigenvalue weighted by molar-refractivity contribution is -0.114. The van der Waals surface area contributed by atoms with E-state index in [1.54, 1.807) is 13.3 Å². The molecule has 0 radical (unpaired) electrons. The van der Waals surface area contributed by atoms with Gasteiger partial charge in [0.15, 0.2) is 0 Å². The summed E-state index contributed by atoms with van der Waals surface area (Å²) in [7, 11) is 2.06. The smallest absolute Gasteiger partial charge is 0.320 e. The molecule has 0 saturated heterocycles. The van der Waals surface area contributed by atoms with E-state index < -0.39 is 11.2 Å². The first-order valence-corrected chi connectivity index (χ1v) is 9.48. The van der Waals surface area contributed by atoms with Crippen molar-refractivity contribution in [3.05, 3.63) is 42.6 Å². The molecule has 2 N–H and O–H groups in total. The van der Waals surface area contributed by atoms with E-state index in [9.17, 15) is 4.79 Å². The minimum atomic E-state index is -0.506. The first-order valence-electron chi connectivity index (χ1n) is 9.48. The topological polar surface area (TPSA) is 72.5 Å². The lowest BCUT2D eigenvalue weighted by Gasteiger charge is -2.40. The fraction of sp³-hybridized carbons (Fsp3) is 0.429. The van der Waals surface area contributed by atoms with Crippen molar-refractivity contribution in [2.75, 3.05) is 19.0 Å². The first-order chi connectivity index (χ1) is 13.2. The SMILES string of the molecule is CCNC(=O)Nc1cc(-c2ccccc2)c(BOC(C)(C)C(C)(C)OC)cn1. The van der Waals surface area contributed by atoms with Crippen molar-refractivity contribution < 1.29 is 14.2 Å².